The van der Waals surface area contributed by atoms with Gasteiger partial charge in [-0.25, -0.2) is 4.98 Å². The topological polar surface area (TPSA) is 46.0 Å². The normalized spacial score (nSPS) is 12.7. The monoisotopic (exact) mass is 270 g/mol. The molecule has 0 fully saturated rings. The predicted molar refractivity (Wildman–Crippen MR) is 77.3 cm³/mol. The number of aryl methyl sites for hydroxylation is 1. The molecule has 0 spiro atoms. The van der Waals surface area contributed by atoms with Crippen molar-refractivity contribution in [2.24, 2.45) is 0 Å². The molecule has 2 heterocycles. The van der Waals surface area contributed by atoms with E-state index in [-0.39, 0.29) is 0 Å². The molecule has 0 saturated heterocycles. The van der Waals surface area contributed by atoms with E-state index in [4.69, 9.17) is 0 Å². The molecule has 1 N–H and O–H groups in total. The third kappa shape index (κ3) is 2.50. The Kier molecular flexibility index (Phi) is 3.27. The molecular weight excluding hydrogens is 256 g/mol. The summed E-state index contributed by atoms with van der Waals surface area (Å²) in [4.78, 5) is 8.71. The summed E-state index contributed by atoms with van der Waals surface area (Å²) in [6, 6.07) is 9.75. The van der Waals surface area contributed by atoms with Gasteiger partial charge in [0, 0.05) is 29.1 Å². The highest BCUT2D eigenvalue weighted by atomic mass is 32.1. The number of aliphatic hydroxyl groups is 1. The number of aromatic nitrogens is 2. The van der Waals surface area contributed by atoms with E-state index in [1.165, 1.54) is 0 Å². The minimum absolute atomic E-state index is 0.543. The van der Waals surface area contributed by atoms with E-state index in [2.05, 4.69) is 9.97 Å². The summed E-state index contributed by atoms with van der Waals surface area (Å²) in [5.74, 6) is 0. The Morgan fingerprint density at radius 2 is 2.11 bits per heavy atom. The first kappa shape index (κ1) is 12.3. The van der Waals surface area contributed by atoms with Crippen LogP contribution in [0.5, 0.6) is 0 Å². The van der Waals surface area contributed by atoms with Crippen LogP contribution in [-0.4, -0.2) is 15.1 Å². The van der Waals surface area contributed by atoms with Gasteiger partial charge in [0.15, 0.2) is 0 Å². The average molecular weight is 270 g/mol. The zero-order chi connectivity index (χ0) is 13.2. The van der Waals surface area contributed by atoms with E-state index in [1.54, 1.807) is 17.5 Å². The number of pyridine rings is 1. The van der Waals surface area contributed by atoms with Gasteiger partial charge in [-0.2, -0.15) is 0 Å². The van der Waals surface area contributed by atoms with Crippen molar-refractivity contribution in [3.63, 3.8) is 0 Å². The van der Waals surface area contributed by atoms with Gasteiger partial charge in [0.1, 0.15) is 0 Å². The summed E-state index contributed by atoms with van der Waals surface area (Å²) in [5.41, 5.74) is 2.83. The second-order valence-electron chi connectivity index (χ2n) is 4.52. The summed E-state index contributed by atoms with van der Waals surface area (Å²) < 4.78 is 0. The number of benzene rings is 1. The fraction of sp³-hybridized carbons (Fsp3) is 0.200. The van der Waals surface area contributed by atoms with Crippen LogP contribution in [0.2, 0.25) is 0 Å². The van der Waals surface area contributed by atoms with E-state index >= 15 is 0 Å². The highest BCUT2D eigenvalue weighted by Gasteiger charge is 2.13. The first-order valence-corrected chi connectivity index (χ1v) is 7.05. The van der Waals surface area contributed by atoms with Crippen LogP contribution in [0.3, 0.4) is 0 Å². The highest BCUT2D eigenvalue weighted by molar-refractivity contribution is 7.09. The van der Waals surface area contributed by atoms with Gasteiger partial charge in [-0.1, -0.05) is 18.2 Å². The molecule has 0 aliphatic heterocycles. The van der Waals surface area contributed by atoms with E-state index in [0.717, 1.165) is 27.2 Å². The van der Waals surface area contributed by atoms with E-state index in [1.807, 2.05) is 42.6 Å². The van der Waals surface area contributed by atoms with E-state index < -0.39 is 6.10 Å². The number of thiazole rings is 1. The van der Waals surface area contributed by atoms with Crippen molar-refractivity contribution in [2.75, 3.05) is 0 Å². The largest absolute Gasteiger partial charge is 0.388 e. The lowest BCUT2D eigenvalue weighted by Gasteiger charge is -2.11. The molecule has 3 rings (SSSR count). The van der Waals surface area contributed by atoms with Crippen molar-refractivity contribution in [3.8, 4) is 0 Å². The van der Waals surface area contributed by atoms with Crippen molar-refractivity contribution in [2.45, 2.75) is 19.4 Å². The quantitative estimate of drug-likeness (QED) is 0.794. The first-order chi connectivity index (χ1) is 9.24. The minimum atomic E-state index is -0.543. The molecular formula is C15H14N2OS. The van der Waals surface area contributed by atoms with Crippen molar-refractivity contribution in [3.05, 3.63) is 58.2 Å². The summed E-state index contributed by atoms with van der Waals surface area (Å²) >= 11 is 1.59. The third-order valence-corrected chi connectivity index (χ3v) is 4.07. The van der Waals surface area contributed by atoms with Gasteiger partial charge in [0.25, 0.3) is 0 Å². The Balaban J connectivity index is 1.95. The second-order valence-corrected chi connectivity index (χ2v) is 5.46. The second kappa shape index (κ2) is 5.07. The van der Waals surface area contributed by atoms with Gasteiger partial charge in [-0.3, -0.25) is 4.98 Å². The van der Waals surface area contributed by atoms with Gasteiger partial charge < -0.3 is 5.11 Å². The van der Waals surface area contributed by atoms with Crippen LogP contribution in [0.1, 0.15) is 22.4 Å². The molecule has 0 amide bonds. The molecule has 0 aliphatic rings. The standard InChI is InChI=1S/C15H14N2OS/c1-10-9-19-15(17-10)8-14(18)12-6-7-16-13-5-3-2-4-11(12)13/h2-7,9,14,18H,8H2,1H3. The van der Waals surface area contributed by atoms with Gasteiger partial charge in [-0.15, -0.1) is 11.3 Å². The van der Waals surface area contributed by atoms with E-state index in [0.29, 0.717) is 6.42 Å². The smallest absolute Gasteiger partial charge is 0.0957 e. The van der Waals surface area contributed by atoms with Gasteiger partial charge >= 0.3 is 0 Å². The fourth-order valence-corrected chi connectivity index (χ4v) is 2.99. The van der Waals surface area contributed by atoms with Crippen molar-refractivity contribution in [1.82, 2.24) is 9.97 Å². The Bertz CT molecular complexity index is 703. The number of aliphatic hydroxyl groups excluding tert-OH is 1. The van der Waals surface area contributed by atoms with Crippen LogP contribution in [0.15, 0.2) is 41.9 Å². The van der Waals surface area contributed by atoms with Crippen LogP contribution < -0.4 is 0 Å². The molecule has 1 atom stereocenters. The molecule has 4 heteroatoms. The summed E-state index contributed by atoms with van der Waals surface area (Å²) in [6.07, 6.45) is 1.75. The molecule has 96 valence electrons. The maximum Gasteiger partial charge on any atom is 0.0957 e. The van der Waals surface area contributed by atoms with Crippen LogP contribution in [0.25, 0.3) is 10.9 Å². The van der Waals surface area contributed by atoms with Gasteiger partial charge in [-0.05, 0) is 24.6 Å². The summed E-state index contributed by atoms with van der Waals surface area (Å²) in [7, 11) is 0. The molecule has 0 radical (unpaired) electrons. The average Bonchev–Trinajstić information content (AvgIpc) is 2.83. The van der Waals surface area contributed by atoms with Crippen LogP contribution in [0.4, 0.5) is 0 Å². The molecule has 0 bridgehead atoms. The molecule has 0 saturated carbocycles. The van der Waals surface area contributed by atoms with Gasteiger partial charge in [0.05, 0.1) is 16.6 Å². The summed E-state index contributed by atoms with van der Waals surface area (Å²) in [6.45, 7) is 1.97. The number of nitrogens with zero attached hydrogens (tertiary/aromatic N) is 2. The molecule has 1 unspecified atom stereocenters. The number of fused-ring (bicyclic) bond motifs is 1. The number of rotatable bonds is 3. The van der Waals surface area contributed by atoms with Gasteiger partial charge in [0.2, 0.25) is 0 Å². The number of para-hydroxylation sites is 1. The van der Waals surface area contributed by atoms with Crippen molar-refractivity contribution >= 4 is 22.2 Å². The predicted octanol–water partition coefficient (Wildman–Crippen LogP) is 3.28. The Hall–Kier alpha value is -1.78. The van der Waals surface area contributed by atoms with Crippen LogP contribution in [-0.2, 0) is 6.42 Å². The SMILES string of the molecule is Cc1csc(CC(O)c2ccnc3ccccc23)n1. The minimum Gasteiger partial charge on any atom is -0.388 e. The summed E-state index contributed by atoms with van der Waals surface area (Å²) in [5, 5.41) is 14.4. The lowest BCUT2D eigenvalue weighted by atomic mass is 10.0. The number of hydrogen-bond donors (Lipinski definition) is 1. The molecule has 1 aromatic carbocycles. The van der Waals surface area contributed by atoms with Crippen molar-refractivity contribution < 1.29 is 5.11 Å². The van der Waals surface area contributed by atoms with Crippen LogP contribution in [0, 0.1) is 6.92 Å². The molecule has 19 heavy (non-hydrogen) atoms. The maximum atomic E-state index is 10.4. The zero-order valence-corrected chi connectivity index (χ0v) is 11.4. The number of hydrogen-bond acceptors (Lipinski definition) is 4. The maximum absolute atomic E-state index is 10.4. The highest BCUT2D eigenvalue weighted by Crippen LogP contribution is 2.26. The Labute approximate surface area is 115 Å². The molecule has 3 aromatic rings. The fourth-order valence-electron chi connectivity index (χ4n) is 2.18. The lowest BCUT2D eigenvalue weighted by molar-refractivity contribution is 0.180. The Morgan fingerprint density at radius 3 is 2.89 bits per heavy atom. The molecule has 2 aromatic heterocycles. The van der Waals surface area contributed by atoms with Crippen LogP contribution >= 0.6 is 11.3 Å². The lowest BCUT2D eigenvalue weighted by Crippen LogP contribution is -2.03. The molecule has 0 aliphatic carbocycles. The van der Waals surface area contributed by atoms with Crippen molar-refractivity contribution in [1.29, 1.82) is 0 Å². The zero-order valence-electron chi connectivity index (χ0n) is 10.6. The van der Waals surface area contributed by atoms with E-state index in [9.17, 15) is 5.11 Å². The first-order valence-electron chi connectivity index (χ1n) is 6.17. The Morgan fingerprint density at radius 1 is 1.26 bits per heavy atom. The third-order valence-electron chi connectivity index (χ3n) is 3.08. The molecule has 3 nitrogen and oxygen atoms in total.